The summed E-state index contributed by atoms with van der Waals surface area (Å²) < 4.78 is 7.05. The molecule has 25 heavy (non-hydrogen) atoms. The highest BCUT2D eigenvalue weighted by Gasteiger charge is 2.28. The highest BCUT2D eigenvalue weighted by molar-refractivity contribution is 5.76. The maximum atomic E-state index is 12.2. The van der Waals surface area contributed by atoms with E-state index in [1.54, 1.807) is 4.68 Å². The van der Waals surface area contributed by atoms with Crippen molar-refractivity contribution >= 4 is 16.9 Å². The maximum absolute atomic E-state index is 12.2. The number of hydrogen-bond donors (Lipinski definition) is 0. The summed E-state index contributed by atoms with van der Waals surface area (Å²) >= 11 is 0. The summed E-state index contributed by atoms with van der Waals surface area (Å²) in [5, 5.41) is 12.3. The summed E-state index contributed by atoms with van der Waals surface area (Å²) in [5.74, 6) is 1.21. The number of carbonyl (C=O) groups is 1. The molecule has 0 bridgehead atoms. The SMILES string of the molecule is CCCC(=O)N1CCCC(c2nc(-n3nnc4ccccc43)no2)C1. The molecule has 4 rings (SSSR count). The molecule has 0 spiro atoms. The van der Waals surface area contributed by atoms with Gasteiger partial charge in [-0.3, -0.25) is 4.79 Å². The van der Waals surface area contributed by atoms with E-state index < -0.39 is 0 Å². The Morgan fingerprint density at radius 2 is 2.24 bits per heavy atom. The van der Waals surface area contributed by atoms with Crippen LogP contribution in [0.4, 0.5) is 0 Å². The fourth-order valence-electron chi connectivity index (χ4n) is 3.27. The Morgan fingerprint density at radius 1 is 1.36 bits per heavy atom. The van der Waals surface area contributed by atoms with Crippen LogP contribution in [0.5, 0.6) is 0 Å². The normalized spacial score (nSPS) is 18.0. The van der Waals surface area contributed by atoms with Crippen LogP contribution in [0.15, 0.2) is 28.8 Å². The van der Waals surface area contributed by atoms with E-state index in [1.807, 2.05) is 36.1 Å². The number of nitrogens with zero attached hydrogens (tertiary/aromatic N) is 6. The second kappa shape index (κ2) is 6.62. The van der Waals surface area contributed by atoms with Crippen molar-refractivity contribution in [1.29, 1.82) is 0 Å². The third-order valence-corrected chi connectivity index (χ3v) is 4.56. The summed E-state index contributed by atoms with van der Waals surface area (Å²) in [5.41, 5.74) is 1.61. The van der Waals surface area contributed by atoms with Crippen LogP contribution in [0, 0.1) is 0 Å². The Morgan fingerprint density at radius 3 is 3.12 bits per heavy atom. The predicted molar refractivity (Wildman–Crippen MR) is 90.2 cm³/mol. The molecule has 1 unspecified atom stereocenters. The minimum atomic E-state index is 0.0746. The number of fused-ring (bicyclic) bond motifs is 1. The van der Waals surface area contributed by atoms with Gasteiger partial charge in [0.1, 0.15) is 5.52 Å². The minimum Gasteiger partial charge on any atom is -0.342 e. The number of carbonyl (C=O) groups excluding carboxylic acids is 1. The van der Waals surface area contributed by atoms with Gasteiger partial charge in [-0.05, 0) is 36.6 Å². The molecule has 0 N–H and O–H groups in total. The zero-order valence-electron chi connectivity index (χ0n) is 14.1. The lowest BCUT2D eigenvalue weighted by atomic mass is 9.97. The maximum Gasteiger partial charge on any atom is 0.292 e. The monoisotopic (exact) mass is 340 g/mol. The second-order valence-electron chi connectivity index (χ2n) is 6.35. The van der Waals surface area contributed by atoms with Crippen LogP contribution >= 0.6 is 0 Å². The third kappa shape index (κ3) is 2.99. The molecule has 3 aromatic rings. The Labute approximate surface area is 144 Å². The number of aromatic nitrogens is 5. The van der Waals surface area contributed by atoms with Crippen molar-refractivity contribution in [1.82, 2.24) is 30.0 Å². The van der Waals surface area contributed by atoms with Crippen molar-refractivity contribution in [2.24, 2.45) is 0 Å². The Kier molecular flexibility index (Phi) is 4.17. The molecule has 0 radical (unpaired) electrons. The van der Waals surface area contributed by atoms with Crippen LogP contribution in [-0.4, -0.2) is 49.0 Å². The molecule has 1 saturated heterocycles. The molecule has 1 aromatic carbocycles. The fourth-order valence-corrected chi connectivity index (χ4v) is 3.27. The van der Waals surface area contributed by atoms with E-state index in [4.69, 9.17) is 4.52 Å². The van der Waals surface area contributed by atoms with E-state index in [-0.39, 0.29) is 11.8 Å². The first-order valence-corrected chi connectivity index (χ1v) is 8.68. The first kappa shape index (κ1) is 15.7. The topological polar surface area (TPSA) is 89.9 Å². The summed E-state index contributed by atoms with van der Waals surface area (Å²) in [4.78, 5) is 18.6. The van der Waals surface area contributed by atoms with Crippen LogP contribution in [0.3, 0.4) is 0 Å². The van der Waals surface area contributed by atoms with E-state index in [1.165, 1.54) is 0 Å². The van der Waals surface area contributed by atoms with Gasteiger partial charge in [-0.1, -0.05) is 24.3 Å². The summed E-state index contributed by atoms with van der Waals surface area (Å²) in [6.45, 7) is 3.47. The molecule has 130 valence electrons. The molecule has 8 heteroatoms. The van der Waals surface area contributed by atoms with Gasteiger partial charge in [0.15, 0.2) is 0 Å². The van der Waals surface area contributed by atoms with Gasteiger partial charge in [0.2, 0.25) is 11.8 Å². The second-order valence-corrected chi connectivity index (χ2v) is 6.35. The van der Waals surface area contributed by atoms with E-state index in [2.05, 4.69) is 20.5 Å². The molecule has 1 fully saturated rings. The van der Waals surface area contributed by atoms with Crippen molar-refractivity contribution in [2.45, 2.75) is 38.5 Å². The predicted octanol–water partition coefficient (Wildman–Crippen LogP) is 2.31. The van der Waals surface area contributed by atoms with Gasteiger partial charge >= 0.3 is 0 Å². The zero-order chi connectivity index (χ0) is 17.2. The molecular formula is C17H20N6O2. The minimum absolute atomic E-state index is 0.0746. The van der Waals surface area contributed by atoms with Crippen LogP contribution in [-0.2, 0) is 4.79 Å². The quantitative estimate of drug-likeness (QED) is 0.724. The van der Waals surface area contributed by atoms with Crippen molar-refractivity contribution in [3.63, 3.8) is 0 Å². The van der Waals surface area contributed by atoms with Gasteiger partial charge in [-0.15, -0.1) is 5.10 Å². The number of benzene rings is 1. The molecule has 0 aliphatic carbocycles. The summed E-state index contributed by atoms with van der Waals surface area (Å²) in [6.07, 6.45) is 3.34. The molecule has 1 atom stereocenters. The summed E-state index contributed by atoms with van der Waals surface area (Å²) in [6, 6.07) is 7.63. The Hall–Kier alpha value is -2.77. The molecule has 1 amide bonds. The van der Waals surface area contributed by atoms with E-state index in [9.17, 15) is 4.79 Å². The van der Waals surface area contributed by atoms with Gasteiger partial charge < -0.3 is 9.42 Å². The lowest BCUT2D eigenvalue weighted by molar-refractivity contribution is -0.132. The lowest BCUT2D eigenvalue weighted by Gasteiger charge is -2.31. The molecule has 8 nitrogen and oxygen atoms in total. The van der Waals surface area contributed by atoms with Gasteiger partial charge in [0, 0.05) is 19.5 Å². The number of amides is 1. The first-order chi connectivity index (χ1) is 12.3. The van der Waals surface area contributed by atoms with E-state index in [0.717, 1.165) is 36.8 Å². The van der Waals surface area contributed by atoms with Crippen molar-refractivity contribution in [2.75, 3.05) is 13.1 Å². The number of piperidine rings is 1. The Balaban J connectivity index is 1.56. The van der Waals surface area contributed by atoms with Gasteiger partial charge in [0.05, 0.1) is 11.4 Å². The van der Waals surface area contributed by atoms with Crippen LogP contribution in [0.2, 0.25) is 0 Å². The highest BCUT2D eigenvalue weighted by atomic mass is 16.5. The van der Waals surface area contributed by atoms with Crippen LogP contribution < -0.4 is 0 Å². The lowest BCUT2D eigenvalue weighted by Crippen LogP contribution is -2.39. The van der Waals surface area contributed by atoms with Crippen LogP contribution in [0.1, 0.15) is 44.4 Å². The number of hydrogen-bond acceptors (Lipinski definition) is 6. The molecule has 1 aliphatic heterocycles. The first-order valence-electron chi connectivity index (χ1n) is 8.68. The standard InChI is InChI=1S/C17H20N6O2/c1-2-6-15(24)22-10-5-7-12(11-22)16-18-17(20-25-16)23-14-9-4-3-8-13(14)19-21-23/h3-4,8-9,12H,2,5-7,10-11H2,1H3. The molecule has 3 heterocycles. The number of para-hydroxylation sites is 1. The molecule has 0 saturated carbocycles. The van der Waals surface area contributed by atoms with E-state index >= 15 is 0 Å². The average Bonchev–Trinajstić information content (AvgIpc) is 3.29. The average molecular weight is 340 g/mol. The number of rotatable bonds is 4. The number of likely N-dealkylation sites (tertiary alicyclic amines) is 1. The smallest absolute Gasteiger partial charge is 0.292 e. The van der Waals surface area contributed by atoms with Gasteiger partial charge in [-0.25, -0.2) is 0 Å². The largest absolute Gasteiger partial charge is 0.342 e. The highest BCUT2D eigenvalue weighted by Crippen LogP contribution is 2.27. The van der Waals surface area contributed by atoms with Crippen molar-refractivity contribution < 1.29 is 9.32 Å². The third-order valence-electron chi connectivity index (χ3n) is 4.56. The van der Waals surface area contributed by atoms with Gasteiger partial charge in [0.25, 0.3) is 5.95 Å². The fraction of sp³-hybridized carbons (Fsp3) is 0.471. The molecule has 2 aromatic heterocycles. The molecular weight excluding hydrogens is 320 g/mol. The van der Waals surface area contributed by atoms with Gasteiger partial charge in [-0.2, -0.15) is 9.67 Å². The van der Waals surface area contributed by atoms with Crippen LogP contribution in [0.25, 0.3) is 17.0 Å². The summed E-state index contributed by atoms with van der Waals surface area (Å²) in [7, 11) is 0. The van der Waals surface area contributed by atoms with Crippen molar-refractivity contribution in [3.8, 4) is 5.95 Å². The van der Waals surface area contributed by atoms with E-state index in [0.29, 0.717) is 24.8 Å². The zero-order valence-corrected chi connectivity index (χ0v) is 14.1. The molecule has 1 aliphatic rings. The van der Waals surface area contributed by atoms with Crippen molar-refractivity contribution in [3.05, 3.63) is 30.2 Å². The Bertz CT molecular complexity index is 886.